The highest BCUT2D eigenvalue weighted by Gasteiger charge is 2.23. The zero-order valence-electron chi connectivity index (χ0n) is 10.3. The molecule has 0 saturated heterocycles. The van der Waals surface area contributed by atoms with Gasteiger partial charge in [0.1, 0.15) is 5.75 Å². The quantitative estimate of drug-likeness (QED) is 0.800. The summed E-state index contributed by atoms with van der Waals surface area (Å²) in [5.41, 5.74) is 7.63. The number of rotatable bonds is 5. The van der Waals surface area contributed by atoms with E-state index in [1.54, 1.807) is 7.11 Å². The van der Waals surface area contributed by atoms with Crippen LogP contribution < -0.4 is 10.5 Å². The number of methoxy groups -OCH3 is 1. The summed E-state index contributed by atoms with van der Waals surface area (Å²) in [5.74, 6) is 0.817. The molecule has 3 nitrogen and oxygen atoms in total. The molecule has 0 heterocycles. The van der Waals surface area contributed by atoms with Crippen molar-refractivity contribution in [2.45, 2.75) is 32.3 Å². The van der Waals surface area contributed by atoms with Crippen LogP contribution in [0.25, 0.3) is 0 Å². The maximum absolute atomic E-state index is 9.34. The van der Waals surface area contributed by atoms with Crippen molar-refractivity contribution in [2.75, 3.05) is 13.7 Å². The number of nitrogens with two attached hydrogens (primary N) is 1. The van der Waals surface area contributed by atoms with Crippen LogP contribution in [0.1, 0.15) is 31.4 Å². The molecule has 0 aliphatic heterocycles. The Kier molecular flexibility index (Phi) is 4.33. The summed E-state index contributed by atoms with van der Waals surface area (Å²) < 4.78 is 5.21. The third-order valence-corrected chi connectivity index (χ3v) is 2.99. The van der Waals surface area contributed by atoms with Gasteiger partial charge in [0.15, 0.2) is 0 Å². The van der Waals surface area contributed by atoms with Crippen molar-refractivity contribution in [1.29, 1.82) is 0 Å². The van der Waals surface area contributed by atoms with E-state index in [-0.39, 0.29) is 12.0 Å². The van der Waals surface area contributed by atoms with Crippen LogP contribution in [0, 0.1) is 0 Å². The van der Waals surface area contributed by atoms with Gasteiger partial charge in [-0.1, -0.05) is 19.9 Å². The van der Waals surface area contributed by atoms with Gasteiger partial charge in [0.05, 0.1) is 13.7 Å². The Hall–Kier alpha value is -1.06. The van der Waals surface area contributed by atoms with Crippen molar-refractivity contribution in [3.8, 4) is 5.75 Å². The number of benzene rings is 1. The lowest BCUT2D eigenvalue weighted by molar-refractivity contribution is 0.277. The van der Waals surface area contributed by atoms with Gasteiger partial charge in [0.25, 0.3) is 0 Å². The molecule has 90 valence electrons. The fourth-order valence-electron chi connectivity index (χ4n) is 1.95. The van der Waals surface area contributed by atoms with Gasteiger partial charge in [0, 0.05) is 0 Å². The lowest BCUT2D eigenvalue weighted by Gasteiger charge is -2.27. The molecular formula is C13H21NO2. The fourth-order valence-corrected chi connectivity index (χ4v) is 1.95. The third-order valence-electron chi connectivity index (χ3n) is 2.99. The molecule has 0 spiro atoms. The Morgan fingerprint density at radius 3 is 2.56 bits per heavy atom. The molecule has 0 aliphatic rings. The number of hydrogen-bond donors (Lipinski definition) is 2. The lowest BCUT2D eigenvalue weighted by atomic mass is 9.79. The van der Waals surface area contributed by atoms with Crippen LogP contribution >= 0.6 is 0 Å². The minimum Gasteiger partial charge on any atom is -0.497 e. The van der Waals surface area contributed by atoms with E-state index in [2.05, 4.69) is 13.8 Å². The van der Waals surface area contributed by atoms with Crippen molar-refractivity contribution in [1.82, 2.24) is 0 Å². The Balaban J connectivity index is 3.17. The van der Waals surface area contributed by atoms with Crippen molar-refractivity contribution >= 4 is 0 Å². The average Bonchev–Trinajstić information content (AvgIpc) is 2.28. The summed E-state index contributed by atoms with van der Waals surface area (Å²) in [6.07, 6.45) is 0.882. The van der Waals surface area contributed by atoms with Crippen molar-refractivity contribution < 1.29 is 9.84 Å². The van der Waals surface area contributed by atoms with Gasteiger partial charge in [-0.3, -0.25) is 0 Å². The maximum Gasteiger partial charge on any atom is 0.119 e. The number of hydrogen-bond acceptors (Lipinski definition) is 3. The van der Waals surface area contributed by atoms with Crippen LogP contribution in [-0.4, -0.2) is 18.8 Å². The van der Waals surface area contributed by atoms with Gasteiger partial charge >= 0.3 is 0 Å². The molecule has 1 rings (SSSR count). The molecule has 1 aromatic carbocycles. The standard InChI is InChI=1S/C13H21NO2/c1-13(2,6-7-14)12-8-11(16-3)5-4-10(12)9-15/h4-5,8,15H,6-7,9,14H2,1-3H3. The Bertz CT molecular complexity index is 348. The summed E-state index contributed by atoms with van der Waals surface area (Å²) >= 11 is 0. The molecule has 16 heavy (non-hydrogen) atoms. The monoisotopic (exact) mass is 223 g/mol. The molecule has 0 aromatic heterocycles. The smallest absolute Gasteiger partial charge is 0.119 e. The largest absolute Gasteiger partial charge is 0.497 e. The predicted octanol–water partition coefficient (Wildman–Crippen LogP) is 1.81. The first-order valence-corrected chi connectivity index (χ1v) is 5.53. The molecule has 3 N–H and O–H groups in total. The van der Waals surface area contributed by atoms with E-state index >= 15 is 0 Å². The van der Waals surface area contributed by atoms with Crippen LogP contribution in [0.2, 0.25) is 0 Å². The zero-order valence-corrected chi connectivity index (χ0v) is 10.3. The zero-order chi connectivity index (χ0) is 12.2. The van der Waals surface area contributed by atoms with Gasteiger partial charge in [0.2, 0.25) is 0 Å². The highest BCUT2D eigenvalue weighted by Crippen LogP contribution is 2.32. The average molecular weight is 223 g/mol. The molecule has 0 atom stereocenters. The predicted molar refractivity (Wildman–Crippen MR) is 65.6 cm³/mol. The Labute approximate surface area is 97.2 Å². The van der Waals surface area contributed by atoms with Crippen LogP contribution in [-0.2, 0) is 12.0 Å². The van der Waals surface area contributed by atoms with Crippen molar-refractivity contribution in [3.63, 3.8) is 0 Å². The molecule has 0 amide bonds. The van der Waals surface area contributed by atoms with Crippen LogP contribution in [0.3, 0.4) is 0 Å². The second-order valence-electron chi connectivity index (χ2n) is 4.60. The van der Waals surface area contributed by atoms with Gasteiger partial charge in [-0.15, -0.1) is 0 Å². The van der Waals surface area contributed by atoms with Crippen LogP contribution in [0.15, 0.2) is 18.2 Å². The van der Waals surface area contributed by atoms with E-state index in [4.69, 9.17) is 10.5 Å². The van der Waals surface area contributed by atoms with E-state index in [0.29, 0.717) is 6.54 Å². The first kappa shape index (κ1) is 13.0. The molecule has 0 bridgehead atoms. The molecule has 0 unspecified atom stereocenters. The van der Waals surface area contributed by atoms with E-state index in [1.807, 2.05) is 18.2 Å². The second-order valence-corrected chi connectivity index (χ2v) is 4.60. The van der Waals surface area contributed by atoms with E-state index in [1.165, 1.54) is 0 Å². The highest BCUT2D eigenvalue weighted by molar-refractivity contribution is 5.39. The molecule has 0 saturated carbocycles. The number of ether oxygens (including phenoxy) is 1. The van der Waals surface area contributed by atoms with Gasteiger partial charge in [-0.05, 0) is 41.6 Å². The molecule has 1 aromatic rings. The maximum atomic E-state index is 9.34. The van der Waals surface area contributed by atoms with Gasteiger partial charge in [-0.2, -0.15) is 0 Å². The summed E-state index contributed by atoms with van der Waals surface area (Å²) in [7, 11) is 1.65. The Morgan fingerprint density at radius 2 is 2.06 bits per heavy atom. The minimum atomic E-state index is -0.0403. The van der Waals surface area contributed by atoms with Crippen molar-refractivity contribution in [3.05, 3.63) is 29.3 Å². The highest BCUT2D eigenvalue weighted by atomic mass is 16.5. The molecule has 0 radical (unpaired) electrons. The van der Waals surface area contributed by atoms with Crippen LogP contribution in [0.4, 0.5) is 0 Å². The normalized spacial score (nSPS) is 11.6. The molecule has 0 fully saturated rings. The van der Waals surface area contributed by atoms with Gasteiger partial charge < -0.3 is 15.6 Å². The Morgan fingerprint density at radius 1 is 1.38 bits per heavy atom. The second kappa shape index (κ2) is 5.32. The first-order valence-electron chi connectivity index (χ1n) is 5.53. The first-order chi connectivity index (χ1) is 7.55. The van der Waals surface area contributed by atoms with Crippen molar-refractivity contribution in [2.24, 2.45) is 5.73 Å². The summed E-state index contributed by atoms with van der Waals surface area (Å²) in [6.45, 7) is 4.95. The summed E-state index contributed by atoms with van der Waals surface area (Å²) in [5, 5.41) is 9.34. The van der Waals surface area contributed by atoms with E-state index in [0.717, 1.165) is 23.3 Å². The lowest BCUT2D eigenvalue weighted by Crippen LogP contribution is -2.23. The fraction of sp³-hybridized carbons (Fsp3) is 0.538. The van der Waals surface area contributed by atoms with Gasteiger partial charge in [-0.25, -0.2) is 0 Å². The summed E-state index contributed by atoms with van der Waals surface area (Å²) in [4.78, 5) is 0. The van der Waals surface area contributed by atoms with Crippen LogP contribution in [0.5, 0.6) is 5.75 Å². The topological polar surface area (TPSA) is 55.5 Å². The molecular weight excluding hydrogens is 202 g/mol. The third kappa shape index (κ3) is 2.74. The number of aliphatic hydroxyl groups excluding tert-OH is 1. The number of aliphatic hydroxyl groups is 1. The van der Waals surface area contributed by atoms with E-state index in [9.17, 15) is 5.11 Å². The molecule has 0 aliphatic carbocycles. The SMILES string of the molecule is COc1ccc(CO)c(C(C)(C)CCN)c1. The minimum absolute atomic E-state index is 0.0403. The van der Waals surface area contributed by atoms with E-state index < -0.39 is 0 Å². The molecule has 3 heteroatoms. The summed E-state index contributed by atoms with van der Waals surface area (Å²) in [6, 6.07) is 5.77.